The van der Waals surface area contributed by atoms with Crippen LogP contribution in [0.5, 0.6) is 5.75 Å². The zero-order valence-electron chi connectivity index (χ0n) is 8.66. The molecule has 1 aromatic carbocycles. The van der Waals surface area contributed by atoms with Gasteiger partial charge in [0.1, 0.15) is 5.75 Å². The molecule has 0 amide bonds. The molecule has 2 nitrogen and oxygen atoms in total. The molecule has 0 saturated carbocycles. The third-order valence-corrected chi connectivity index (χ3v) is 2.04. The van der Waals surface area contributed by atoms with E-state index in [-0.39, 0.29) is 6.61 Å². The fraction of sp³-hybridized carbons (Fsp3) is 0.333. The summed E-state index contributed by atoms with van der Waals surface area (Å²) in [6, 6.07) is 7.86. The second-order valence-corrected chi connectivity index (χ2v) is 3.24. The summed E-state index contributed by atoms with van der Waals surface area (Å²) in [5.74, 6) is 0.863. The predicted octanol–water partition coefficient (Wildman–Crippen LogP) is 2.48. The molecule has 0 radical (unpaired) electrons. The molecular formula is C12H16O2. The summed E-state index contributed by atoms with van der Waals surface area (Å²) in [7, 11) is 1.65. The van der Waals surface area contributed by atoms with Crippen LogP contribution in [0, 0.1) is 0 Å². The van der Waals surface area contributed by atoms with Gasteiger partial charge < -0.3 is 9.84 Å². The van der Waals surface area contributed by atoms with Crippen molar-refractivity contribution in [1.82, 2.24) is 0 Å². The first-order chi connectivity index (χ1) is 6.76. The van der Waals surface area contributed by atoms with Gasteiger partial charge in [0, 0.05) is 6.61 Å². The maximum absolute atomic E-state index is 8.74. The third kappa shape index (κ3) is 3.23. The normalized spacial score (nSPS) is 11.5. The van der Waals surface area contributed by atoms with Crippen LogP contribution in [0.4, 0.5) is 0 Å². The summed E-state index contributed by atoms with van der Waals surface area (Å²) >= 11 is 0. The van der Waals surface area contributed by atoms with E-state index in [1.54, 1.807) is 7.11 Å². The van der Waals surface area contributed by atoms with Gasteiger partial charge in [0.15, 0.2) is 0 Å². The molecule has 1 rings (SSSR count). The predicted molar refractivity (Wildman–Crippen MR) is 58.3 cm³/mol. The first-order valence-corrected chi connectivity index (χ1v) is 4.68. The number of methoxy groups -OCH3 is 1. The van der Waals surface area contributed by atoms with Crippen LogP contribution in [0.1, 0.15) is 18.9 Å². The van der Waals surface area contributed by atoms with Crippen molar-refractivity contribution in [2.75, 3.05) is 13.7 Å². The first kappa shape index (κ1) is 10.8. The molecule has 1 aromatic rings. The van der Waals surface area contributed by atoms with Gasteiger partial charge in [-0.3, -0.25) is 0 Å². The summed E-state index contributed by atoms with van der Waals surface area (Å²) in [5.41, 5.74) is 2.31. The molecule has 0 atom stereocenters. The van der Waals surface area contributed by atoms with E-state index in [1.165, 1.54) is 5.57 Å². The van der Waals surface area contributed by atoms with Gasteiger partial charge in [0.25, 0.3) is 0 Å². The second kappa shape index (κ2) is 5.45. The maximum atomic E-state index is 8.74. The van der Waals surface area contributed by atoms with E-state index in [1.807, 2.05) is 31.2 Å². The SMILES string of the molecule is COc1ccc(C=C(C)CCO)cc1. The fourth-order valence-electron chi connectivity index (χ4n) is 1.23. The highest BCUT2D eigenvalue weighted by molar-refractivity contribution is 5.53. The lowest BCUT2D eigenvalue weighted by atomic mass is 10.1. The molecule has 0 bridgehead atoms. The Bertz CT molecular complexity index is 299. The molecule has 0 aromatic heterocycles. The van der Waals surface area contributed by atoms with E-state index in [4.69, 9.17) is 9.84 Å². The van der Waals surface area contributed by atoms with E-state index >= 15 is 0 Å². The minimum atomic E-state index is 0.207. The molecule has 0 aliphatic carbocycles. The summed E-state index contributed by atoms with van der Waals surface area (Å²) in [5, 5.41) is 8.74. The van der Waals surface area contributed by atoms with Gasteiger partial charge in [-0.05, 0) is 31.0 Å². The Balaban J connectivity index is 2.72. The van der Waals surface area contributed by atoms with Crippen LogP contribution in [0.15, 0.2) is 29.8 Å². The molecular weight excluding hydrogens is 176 g/mol. The van der Waals surface area contributed by atoms with Crippen molar-refractivity contribution >= 4 is 6.08 Å². The van der Waals surface area contributed by atoms with Crippen LogP contribution in [-0.4, -0.2) is 18.8 Å². The molecule has 0 unspecified atom stereocenters. The van der Waals surface area contributed by atoms with Gasteiger partial charge in [-0.1, -0.05) is 23.8 Å². The lowest BCUT2D eigenvalue weighted by Gasteiger charge is -2.01. The third-order valence-electron chi connectivity index (χ3n) is 2.04. The van der Waals surface area contributed by atoms with Crippen molar-refractivity contribution in [2.45, 2.75) is 13.3 Å². The number of ether oxygens (including phenoxy) is 1. The van der Waals surface area contributed by atoms with Crippen LogP contribution >= 0.6 is 0 Å². The molecule has 14 heavy (non-hydrogen) atoms. The van der Waals surface area contributed by atoms with Crippen LogP contribution in [0.25, 0.3) is 6.08 Å². The summed E-state index contributed by atoms with van der Waals surface area (Å²) in [6.45, 7) is 2.22. The number of hydrogen-bond donors (Lipinski definition) is 1. The quantitative estimate of drug-likeness (QED) is 0.794. The molecule has 1 N–H and O–H groups in total. The fourth-order valence-corrected chi connectivity index (χ4v) is 1.23. The zero-order chi connectivity index (χ0) is 10.4. The standard InChI is InChI=1S/C12H16O2/c1-10(7-8-13)9-11-3-5-12(14-2)6-4-11/h3-6,9,13H,7-8H2,1-2H3. The van der Waals surface area contributed by atoms with Crippen molar-refractivity contribution in [3.8, 4) is 5.75 Å². The highest BCUT2D eigenvalue weighted by Gasteiger charge is 1.92. The van der Waals surface area contributed by atoms with Crippen molar-refractivity contribution in [3.05, 3.63) is 35.4 Å². The Morgan fingerprint density at radius 2 is 2.00 bits per heavy atom. The van der Waals surface area contributed by atoms with Gasteiger partial charge in [-0.15, -0.1) is 0 Å². The minimum Gasteiger partial charge on any atom is -0.497 e. The Morgan fingerprint density at radius 3 is 2.50 bits per heavy atom. The smallest absolute Gasteiger partial charge is 0.118 e. The number of hydrogen-bond acceptors (Lipinski definition) is 2. The van der Waals surface area contributed by atoms with Crippen LogP contribution < -0.4 is 4.74 Å². The van der Waals surface area contributed by atoms with Crippen molar-refractivity contribution in [1.29, 1.82) is 0 Å². The number of aliphatic hydroxyl groups is 1. The lowest BCUT2D eigenvalue weighted by Crippen LogP contribution is -1.85. The van der Waals surface area contributed by atoms with Gasteiger partial charge in [-0.25, -0.2) is 0 Å². The van der Waals surface area contributed by atoms with Crippen molar-refractivity contribution in [3.63, 3.8) is 0 Å². The van der Waals surface area contributed by atoms with Crippen LogP contribution in [-0.2, 0) is 0 Å². The Morgan fingerprint density at radius 1 is 1.36 bits per heavy atom. The zero-order valence-corrected chi connectivity index (χ0v) is 8.66. The largest absolute Gasteiger partial charge is 0.497 e. The van der Waals surface area contributed by atoms with Crippen molar-refractivity contribution < 1.29 is 9.84 Å². The summed E-state index contributed by atoms with van der Waals surface area (Å²) in [4.78, 5) is 0. The number of aliphatic hydroxyl groups excluding tert-OH is 1. The molecule has 0 aliphatic heterocycles. The molecule has 0 fully saturated rings. The van der Waals surface area contributed by atoms with Crippen LogP contribution in [0.2, 0.25) is 0 Å². The molecule has 0 aliphatic rings. The second-order valence-electron chi connectivity index (χ2n) is 3.24. The molecule has 0 spiro atoms. The topological polar surface area (TPSA) is 29.5 Å². The first-order valence-electron chi connectivity index (χ1n) is 4.68. The van der Waals surface area contributed by atoms with E-state index in [0.717, 1.165) is 17.7 Å². The van der Waals surface area contributed by atoms with Gasteiger partial charge in [0.05, 0.1) is 7.11 Å². The number of rotatable bonds is 4. The lowest BCUT2D eigenvalue weighted by molar-refractivity contribution is 0.299. The van der Waals surface area contributed by atoms with E-state index in [2.05, 4.69) is 6.08 Å². The van der Waals surface area contributed by atoms with E-state index in [9.17, 15) is 0 Å². The molecule has 2 heteroatoms. The van der Waals surface area contributed by atoms with E-state index < -0.39 is 0 Å². The minimum absolute atomic E-state index is 0.207. The van der Waals surface area contributed by atoms with Gasteiger partial charge >= 0.3 is 0 Å². The highest BCUT2D eigenvalue weighted by Crippen LogP contribution is 2.14. The molecule has 0 heterocycles. The van der Waals surface area contributed by atoms with Crippen LogP contribution in [0.3, 0.4) is 0 Å². The van der Waals surface area contributed by atoms with Gasteiger partial charge in [-0.2, -0.15) is 0 Å². The average molecular weight is 192 g/mol. The molecule has 76 valence electrons. The number of benzene rings is 1. The summed E-state index contributed by atoms with van der Waals surface area (Å²) < 4.78 is 5.06. The Labute approximate surface area is 84.8 Å². The monoisotopic (exact) mass is 192 g/mol. The van der Waals surface area contributed by atoms with E-state index in [0.29, 0.717) is 0 Å². The maximum Gasteiger partial charge on any atom is 0.118 e. The van der Waals surface area contributed by atoms with Gasteiger partial charge in [0.2, 0.25) is 0 Å². The average Bonchev–Trinajstić information content (AvgIpc) is 2.19. The van der Waals surface area contributed by atoms with Crippen molar-refractivity contribution in [2.24, 2.45) is 0 Å². The molecule has 0 saturated heterocycles. The Hall–Kier alpha value is -1.28. The highest BCUT2D eigenvalue weighted by atomic mass is 16.5. The summed E-state index contributed by atoms with van der Waals surface area (Å²) in [6.07, 6.45) is 2.79. The Kier molecular flexibility index (Phi) is 4.20.